The number of para-hydroxylation sites is 1. The standard InChI is InChI=1S/C22H32N4O3S/c1-5-20(17-25(4)16-19-12-8-6-9-13-19)23-22(27)18-26(30(28,29)24(2)3)21-14-10-7-11-15-21/h6-15,20H,5,16-18H2,1-4H3,(H,23,27)/t20-/m0/s1. The Balaban J connectivity index is 2.04. The van der Waals surface area contributed by atoms with Gasteiger partial charge in [0.05, 0.1) is 5.69 Å². The first kappa shape index (κ1) is 23.9. The van der Waals surface area contributed by atoms with E-state index in [1.54, 1.807) is 30.3 Å². The van der Waals surface area contributed by atoms with Crippen molar-refractivity contribution in [1.29, 1.82) is 0 Å². The average Bonchev–Trinajstić information content (AvgIpc) is 2.72. The molecule has 0 bridgehead atoms. The fourth-order valence-electron chi connectivity index (χ4n) is 3.11. The van der Waals surface area contributed by atoms with Crippen LogP contribution in [0.1, 0.15) is 18.9 Å². The van der Waals surface area contributed by atoms with Gasteiger partial charge in [0, 0.05) is 33.2 Å². The van der Waals surface area contributed by atoms with E-state index < -0.39 is 10.2 Å². The predicted octanol–water partition coefficient (Wildman–Crippen LogP) is 2.33. The Hall–Kier alpha value is -2.42. The van der Waals surface area contributed by atoms with Crippen molar-refractivity contribution >= 4 is 21.8 Å². The lowest BCUT2D eigenvalue weighted by molar-refractivity contribution is -0.120. The van der Waals surface area contributed by atoms with Crippen LogP contribution in [-0.4, -0.2) is 63.8 Å². The molecule has 0 aliphatic rings. The number of hydrogen-bond donors (Lipinski definition) is 1. The van der Waals surface area contributed by atoms with Gasteiger partial charge in [-0.25, -0.2) is 4.31 Å². The van der Waals surface area contributed by atoms with Crippen molar-refractivity contribution < 1.29 is 13.2 Å². The van der Waals surface area contributed by atoms with Crippen LogP contribution in [0.2, 0.25) is 0 Å². The highest BCUT2D eigenvalue weighted by atomic mass is 32.2. The van der Waals surface area contributed by atoms with Gasteiger partial charge in [0.1, 0.15) is 6.54 Å². The third-order valence-electron chi connectivity index (χ3n) is 4.76. The van der Waals surface area contributed by atoms with E-state index in [9.17, 15) is 13.2 Å². The molecular formula is C22H32N4O3S. The second-order valence-corrected chi connectivity index (χ2v) is 9.55. The highest BCUT2D eigenvalue weighted by molar-refractivity contribution is 7.90. The summed E-state index contributed by atoms with van der Waals surface area (Å²) in [6.07, 6.45) is 0.747. The molecule has 1 atom stereocenters. The van der Waals surface area contributed by atoms with E-state index in [1.165, 1.54) is 19.7 Å². The van der Waals surface area contributed by atoms with Crippen molar-refractivity contribution in [3.63, 3.8) is 0 Å². The van der Waals surface area contributed by atoms with Crippen molar-refractivity contribution in [2.24, 2.45) is 0 Å². The van der Waals surface area contributed by atoms with Gasteiger partial charge in [0.15, 0.2) is 0 Å². The first-order chi connectivity index (χ1) is 14.2. The van der Waals surface area contributed by atoms with Crippen LogP contribution < -0.4 is 9.62 Å². The van der Waals surface area contributed by atoms with Crippen molar-refractivity contribution in [3.05, 3.63) is 66.2 Å². The minimum Gasteiger partial charge on any atom is -0.351 e. The fourth-order valence-corrected chi connectivity index (χ4v) is 4.18. The maximum atomic E-state index is 12.8. The average molecular weight is 433 g/mol. The number of likely N-dealkylation sites (N-methyl/N-ethyl adjacent to an activating group) is 1. The van der Waals surface area contributed by atoms with E-state index in [4.69, 9.17) is 0 Å². The van der Waals surface area contributed by atoms with Crippen LogP contribution in [0, 0.1) is 0 Å². The normalized spacial score (nSPS) is 12.7. The number of rotatable bonds is 11. The Labute approximate surface area is 180 Å². The SMILES string of the molecule is CC[C@@H](CN(C)Cc1ccccc1)NC(=O)CN(c1ccccc1)S(=O)(=O)N(C)C. The zero-order valence-electron chi connectivity index (χ0n) is 18.2. The second kappa shape index (κ2) is 11.1. The number of benzene rings is 2. The molecule has 0 aliphatic carbocycles. The van der Waals surface area contributed by atoms with Crippen LogP contribution in [0.25, 0.3) is 0 Å². The molecule has 2 aromatic carbocycles. The van der Waals surface area contributed by atoms with Gasteiger partial charge in [-0.3, -0.25) is 4.79 Å². The molecule has 0 radical (unpaired) electrons. The van der Waals surface area contributed by atoms with Gasteiger partial charge >= 0.3 is 10.2 Å². The molecule has 0 saturated carbocycles. The van der Waals surface area contributed by atoms with Gasteiger partial charge < -0.3 is 10.2 Å². The zero-order valence-corrected chi connectivity index (χ0v) is 19.0. The molecule has 1 N–H and O–H groups in total. The first-order valence-corrected chi connectivity index (χ1v) is 11.4. The lowest BCUT2D eigenvalue weighted by atomic mass is 10.1. The predicted molar refractivity (Wildman–Crippen MR) is 121 cm³/mol. The van der Waals surface area contributed by atoms with Gasteiger partial charge in [-0.1, -0.05) is 55.5 Å². The van der Waals surface area contributed by atoms with E-state index in [0.717, 1.165) is 21.6 Å². The minimum absolute atomic E-state index is 0.0779. The molecule has 0 spiro atoms. The molecule has 2 aromatic rings. The quantitative estimate of drug-likeness (QED) is 0.592. The summed E-state index contributed by atoms with van der Waals surface area (Å²) >= 11 is 0. The minimum atomic E-state index is -3.80. The summed E-state index contributed by atoms with van der Waals surface area (Å²) in [6.45, 7) is 3.18. The topological polar surface area (TPSA) is 73.0 Å². The highest BCUT2D eigenvalue weighted by Crippen LogP contribution is 2.18. The maximum Gasteiger partial charge on any atom is 0.304 e. The molecule has 2 rings (SSSR count). The Kier molecular flexibility index (Phi) is 8.83. The van der Waals surface area contributed by atoms with E-state index in [1.807, 2.05) is 32.2 Å². The summed E-state index contributed by atoms with van der Waals surface area (Å²) < 4.78 is 27.8. The molecule has 30 heavy (non-hydrogen) atoms. The lowest BCUT2D eigenvalue weighted by Gasteiger charge is -2.29. The molecule has 7 nitrogen and oxygen atoms in total. The van der Waals surface area contributed by atoms with Crippen LogP contribution in [0.4, 0.5) is 5.69 Å². The van der Waals surface area contributed by atoms with E-state index in [2.05, 4.69) is 22.3 Å². The Morgan fingerprint density at radius 1 is 0.967 bits per heavy atom. The molecule has 0 saturated heterocycles. The van der Waals surface area contributed by atoms with Gasteiger partial charge in [0.2, 0.25) is 5.91 Å². The summed E-state index contributed by atoms with van der Waals surface area (Å²) in [7, 11) is 1.12. The second-order valence-electron chi connectivity index (χ2n) is 7.49. The molecule has 1 amide bonds. The summed E-state index contributed by atoms with van der Waals surface area (Å²) in [6, 6.07) is 18.7. The number of hydrogen-bond acceptors (Lipinski definition) is 4. The smallest absolute Gasteiger partial charge is 0.304 e. The van der Waals surface area contributed by atoms with Crippen molar-refractivity contribution in [3.8, 4) is 0 Å². The number of amides is 1. The van der Waals surface area contributed by atoms with E-state index >= 15 is 0 Å². The first-order valence-electron chi connectivity index (χ1n) is 10.0. The monoisotopic (exact) mass is 432 g/mol. The van der Waals surface area contributed by atoms with Crippen LogP contribution in [0.15, 0.2) is 60.7 Å². The van der Waals surface area contributed by atoms with E-state index in [-0.39, 0.29) is 18.5 Å². The van der Waals surface area contributed by atoms with Crippen LogP contribution in [0.5, 0.6) is 0 Å². The molecule has 8 heteroatoms. The van der Waals surface area contributed by atoms with Gasteiger partial charge in [0.25, 0.3) is 0 Å². The molecule has 0 aliphatic heterocycles. The number of carbonyl (C=O) groups is 1. The highest BCUT2D eigenvalue weighted by Gasteiger charge is 2.27. The summed E-state index contributed by atoms with van der Waals surface area (Å²) in [4.78, 5) is 14.9. The molecule has 0 aromatic heterocycles. The third kappa shape index (κ3) is 6.83. The van der Waals surface area contributed by atoms with Crippen molar-refractivity contribution in [2.45, 2.75) is 25.9 Å². The van der Waals surface area contributed by atoms with Gasteiger partial charge in [-0.15, -0.1) is 0 Å². The fraction of sp³-hybridized carbons (Fsp3) is 0.409. The lowest BCUT2D eigenvalue weighted by Crippen LogP contribution is -2.49. The summed E-state index contributed by atoms with van der Waals surface area (Å²) in [5.41, 5.74) is 1.66. The summed E-state index contributed by atoms with van der Waals surface area (Å²) in [5, 5.41) is 2.99. The number of carbonyl (C=O) groups excluding carboxylic acids is 1. The molecular weight excluding hydrogens is 400 g/mol. The van der Waals surface area contributed by atoms with E-state index in [0.29, 0.717) is 12.2 Å². The van der Waals surface area contributed by atoms with Gasteiger partial charge in [-0.05, 0) is 31.2 Å². The molecule has 0 unspecified atom stereocenters. The zero-order chi connectivity index (χ0) is 22.1. The Morgan fingerprint density at radius 3 is 2.07 bits per heavy atom. The third-order valence-corrected chi connectivity index (χ3v) is 6.58. The summed E-state index contributed by atoms with van der Waals surface area (Å²) in [5.74, 6) is -0.329. The Bertz CT molecular complexity index is 889. The van der Waals surface area contributed by atoms with Crippen LogP contribution >= 0.6 is 0 Å². The van der Waals surface area contributed by atoms with Crippen LogP contribution in [0.3, 0.4) is 0 Å². The number of anilines is 1. The molecule has 0 fully saturated rings. The van der Waals surface area contributed by atoms with Crippen molar-refractivity contribution in [2.75, 3.05) is 38.5 Å². The molecule has 0 heterocycles. The largest absolute Gasteiger partial charge is 0.351 e. The maximum absolute atomic E-state index is 12.8. The van der Waals surface area contributed by atoms with Crippen molar-refractivity contribution in [1.82, 2.24) is 14.5 Å². The molecule has 164 valence electrons. The van der Waals surface area contributed by atoms with Gasteiger partial charge in [-0.2, -0.15) is 12.7 Å². The number of nitrogens with one attached hydrogen (secondary N) is 1. The Morgan fingerprint density at radius 2 is 1.53 bits per heavy atom. The van der Waals surface area contributed by atoms with Crippen LogP contribution in [-0.2, 0) is 21.5 Å². The number of nitrogens with zero attached hydrogens (tertiary/aromatic N) is 3.